The van der Waals surface area contributed by atoms with Crippen molar-refractivity contribution in [2.75, 3.05) is 98.5 Å². The van der Waals surface area contributed by atoms with Crippen LogP contribution in [0.15, 0.2) is 55.8 Å². The van der Waals surface area contributed by atoms with Crippen LogP contribution in [-0.2, 0) is 39.5 Å². The first-order valence-electron chi connectivity index (χ1n) is 27.1. The van der Waals surface area contributed by atoms with Gasteiger partial charge in [0.1, 0.15) is 22.5 Å². The summed E-state index contributed by atoms with van der Waals surface area (Å²) in [6.45, 7) is 18.4. The number of hydrogen-bond acceptors (Lipinski definition) is 17. The molecule has 3 radical (unpaired) electrons. The Bertz CT molecular complexity index is 3400. The maximum atomic E-state index is 13.6. The fraction of sp³-hybridized carbons (Fsp3) is 0.537. The minimum atomic E-state index is -3.83. The van der Waals surface area contributed by atoms with E-state index in [1.54, 1.807) is 37.4 Å². The van der Waals surface area contributed by atoms with Gasteiger partial charge in [0.25, 0.3) is 11.1 Å². The van der Waals surface area contributed by atoms with E-state index in [-0.39, 0.29) is 92.8 Å². The van der Waals surface area contributed by atoms with Gasteiger partial charge >= 0.3 is 29.6 Å². The largest absolute Gasteiger partial charge is 1.00 e. The molecule has 23 nitrogen and oxygen atoms in total. The molecule has 0 spiro atoms. The number of fused-ring (bicyclic) bond motifs is 2. The molecule has 439 valence electrons. The summed E-state index contributed by atoms with van der Waals surface area (Å²) in [5.41, 5.74) is 4.34. The van der Waals surface area contributed by atoms with Crippen LogP contribution in [-0.4, -0.2) is 198 Å². The van der Waals surface area contributed by atoms with Crippen molar-refractivity contribution >= 4 is 45.8 Å². The van der Waals surface area contributed by atoms with E-state index in [4.69, 9.17) is 19.7 Å². The van der Waals surface area contributed by atoms with E-state index in [0.717, 1.165) is 37.7 Å². The number of benzene rings is 2. The molecular formula is C54H79BN10NaO13S2. The van der Waals surface area contributed by atoms with Crippen LogP contribution in [0.2, 0.25) is 0 Å². The number of hydrogen-bond donors (Lipinski definition) is 6. The number of sulfonamides is 2. The SMILES string of the molecule is CCCOc1ccc(S(=O)(=O)N2CCN(CCO)CC2)cc1-c1nn2c(CCC)c(C=O)c(C)c2c(=O)[nH]1.CCCOc1ccc(S(=O)(=O)N2CCN(CCO)CC2)cc1-c1nn2c(CCC)c(CO)c(C)c2c(=O)[nH]1.CCO.[B].[H-].[Na+]. The summed E-state index contributed by atoms with van der Waals surface area (Å²) in [4.78, 5) is 48.1. The number of β-amino-alcohol motifs (C(OH)–C–C–N with tert-alkyl or cyclic N) is 2. The van der Waals surface area contributed by atoms with E-state index >= 15 is 0 Å². The van der Waals surface area contributed by atoms with Crippen LogP contribution in [0.25, 0.3) is 33.8 Å². The molecule has 0 atom stereocenters. The van der Waals surface area contributed by atoms with E-state index in [2.05, 4.69) is 15.1 Å². The molecule has 0 saturated carbocycles. The third kappa shape index (κ3) is 15.5. The maximum absolute atomic E-state index is 13.6. The van der Waals surface area contributed by atoms with Crippen LogP contribution in [0.5, 0.6) is 11.5 Å². The van der Waals surface area contributed by atoms with Gasteiger partial charge in [0.15, 0.2) is 17.9 Å². The molecule has 2 aromatic carbocycles. The van der Waals surface area contributed by atoms with Gasteiger partial charge in [-0.2, -0.15) is 8.61 Å². The standard InChI is InChI=1S/C26H37N5O6S.C26H35N5O6S.C2H6O.B.Na.H/c2*1-4-6-22-21(17-33)18(3)24-26(34)27-25(28-31(22)24)20-16-19(7-8-23(20)37-15-5-2)38(35,36)30-11-9-29(10-12-30)13-14-32;1-2-3;;;/h7-8,16,32-33H,4-6,9-15,17H2,1-3H3,(H,27,28,34);7-8,16-17,32H,4-6,9-15H2,1-3H3,(H,27,28,34);3H,2H2,1H3;;;/q;;;;+1;-1. The number of aryl methyl sites for hydroxylation is 4. The number of ether oxygens (including phenoxy) is 2. The molecule has 6 aromatic rings. The van der Waals surface area contributed by atoms with Crippen LogP contribution in [0.1, 0.15) is 100 Å². The summed E-state index contributed by atoms with van der Waals surface area (Å²) in [6, 6.07) is 9.22. The molecule has 2 saturated heterocycles. The van der Waals surface area contributed by atoms with Crippen LogP contribution in [0.4, 0.5) is 0 Å². The number of aromatic amines is 2. The third-order valence-electron chi connectivity index (χ3n) is 13.8. The fourth-order valence-corrected chi connectivity index (χ4v) is 12.7. The van der Waals surface area contributed by atoms with Crippen LogP contribution < -0.4 is 50.1 Å². The van der Waals surface area contributed by atoms with E-state index < -0.39 is 25.6 Å². The Morgan fingerprint density at radius 2 is 1.01 bits per heavy atom. The number of carbonyl (C=O) groups excluding carboxylic acids is 1. The molecule has 4 aromatic heterocycles. The van der Waals surface area contributed by atoms with Crippen molar-refractivity contribution in [3.05, 3.63) is 90.7 Å². The molecule has 0 unspecified atom stereocenters. The van der Waals surface area contributed by atoms with Gasteiger partial charge < -0.3 is 41.3 Å². The predicted octanol–water partition coefficient (Wildman–Crippen LogP) is 0.115. The predicted molar refractivity (Wildman–Crippen MR) is 307 cm³/mol. The van der Waals surface area contributed by atoms with E-state index in [1.807, 2.05) is 37.5 Å². The molecule has 0 amide bonds. The average Bonchev–Trinajstić information content (AvgIpc) is 4.05. The van der Waals surface area contributed by atoms with E-state index in [1.165, 1.54) is 37.4 Å². The zero-order valence-electron chi connectivity index (χ0n) is 49.0. The Balaban J connectivity index is 0.000000397. The number of rotatable bonds is 22. The molecule has 8 rings (SSSR count). The van der Waals surface area contributed by atoms with Crippen molar-refractivity contribution in [3.8, 4) is 34.3 Å². The van der Waals surface area contributed by atoms with Gasteiger partial charge in [-0.15, -0.1) is 10.2 Å². The van der Waals surface area contributed by atoms with Gasteiger partial charge in [0.05, 0.1) is 59.6 Å². The second kappa shape index (κ2) is 31.7. The van der Waals surface area contributed by atoms with Crippen molar-refractivity contribution in [1.82, 2.24) is 47.6 Å². The molecule has 2 fully saturated rings. The molecule has 2 aliphatic rings. The number of piperazine rings is 2. The smallest absolute Gasteiger partial charge is 1.00 e. The summed E-state index contributed by atoms with van der Waals surface area (Å²) in [6.07, 6.45) is 4.95. The quantitative estimate of drug-likeness (QED) is 0.0389. The number of carbonyl (C=O) groups is 1. The molecule has 27 heteroatoms. The van der Waals surface area contributed by atoms with Gasteiger partial charge in [0.2, 0.25) is 20.0 Å². The fourth-order valence-electron chi connectivity index (χ4n) is 9.80. The van der Waals surface area contributed by atoms with Crippen molar-refractivity contribution in [3.63, 3.8) is 0 Å². The maximum Gasteiger partial charge on any atom is 1.00 e. The van der Waals surface area contributed by atoms with Gasteiger partial charge in [0, 0.05) is 97.3 Å². The summed E-state index contributed by atoms with van der Waals surface area (Å²) in [5, 5.41) is 45.3. The molecule has 0 aliphatic carbocycles. The third-order valence-corrected chi connectivity index (χ3v) is 17.6. The number of aliphatic hydroxyl groups excluding tert-OH is 4. The van der Waals surface area contributed by atoms with Crippen LogP contribution >= 0.6 is 0 Å². The van der Waals surface area contributed by atoms with Gasteiger partial charge in [-0.3, -0.25) is 24.2 Å². The van der Waals surface area contributed by atoms with Crippen LogP contribution in [0.3, 0.4) is 0 Å². The number of aliphatic hydroxyl groups is 4. The number of H-pyrrole nitrogens is 2. The number of nitrogens with zero attached hydrogens (tertiary/aromatic N) is 8. The van der Waals surface area contributed by atoms with Crippen molar-refractivity contribution in [1.29, 1.82) is 0 Å². The van der Waals surface area contributed by atoms with Gasteiger partial charge in [-0.1, -0.05) is 40.5 Å². The van der Waals surface area contributed by atoms with E-state index in [0.29, 0.717) is 153 Å². The second-order valence-corrected chi connectivity index (χ2v) is 23.1. The Labute approximate surface area is 499 Å². The first-order valence-corrected chi connectivity index (χ1v) is 30.0. The van der Waals surface area contributed by atoms with E-state index in [9.17, 15) is 46.5 Å². The van der Waals surface area contributed by atoms with Gasteiger partial charge in [-0.05, 0) is 94.0 Å². The monoisotopic (exact) mass is 1170 g/mol. The minimum absolute atomic E-state index is 0. The molecule has 81 heavy (non-hydrogen) atoms. The topological polar surface area (TPSA) is 298 Å². The van der Waals surface area contributed by atoms with Gasteiger partial charge in [-0.25, -0.2) is 25.9 Å². The second-order valence-electron chi connectivity index (χ2n) is 19.2. The number of nitrogens with one attached hydrogen (secondary N) is 2. The normalized spacial score (nSPS) is 14.6. The summed E-state index contributed by atoms with van der Waals surface area (Å²) >= 11 is 0. The van der Waals surface area contributed by atoms with Crippen molar-refractivity contribution < 1.29 is 82.5 Å². The Morgan fingerprint density at radius 1 is 0.617 bits per heavy atom. The zero-order chi connectivity index (χ0) is 57.6. The minimum Gasteiger partial charge on any atom is -1.00 e. The zero-order valence-corrected chi connectivity index (χ0v) is 51.7. The number of aldehydes is 1. The molecule has 0 bridgehead atoms. The Kier molecular flexibility index (Phi) is 26.9. The van der Waals surface area contributed by atoms with Crippen LogP contribution in [0, 0.1) is 13.8 Å². The molecule has 6 N–H and O–H groups in total. The molecular weight excluding hydrogens is 1090 g/mol. The average molecular weight is 1170 g/mol. The van der Waals surface area contributed by atoms with Crippen molar-refractivity contribution in [2.45, 2.75) is 103 Å². The Morgan fingerprint density at radius 3 is 1.38 bits per heavy atom. The first kappa shape index (κ1) is 68.7. The first-order chi connectivity index (χ1) is 37.9. The summed E-state index contributed by atoms with van der Waals surface area (Å²) in [7, 11) is -7.64. The molecule has 2 aliphatic heterocycles. The Hall–Kier alpha value is -4.81. The molecule has 6 heterocycles. The number of aromatic nitrogens is 6. The summed E-state index contributed by atoms with van der Waals surface area (Å²) < 4.78 is 72.0. The van der Waals surface area contributed by atoms with Crippen molar-refractivity contribution in [2.24, 2.45) is 0 Å². The summed E-state index contributed by atoms with van der Waals surface area (Å²) in [5.74, 6) is 1.17.